The Morgan fingerprint density at radius 1 is 1.10 bits per heavy atom. The monoisotopic (exact) mass is 400 g/mol. The lowest BCUT2D eigenvalue weighted by atomic mass is 10.1. The molecule has 0 radical (unpaired) electrons. The number of fused-ring (bicyclic) bond motifs is 1. The Labute approximate surface area is 164 Å². The molecule has 0 aliphatic heterocycles. The summed E-state index contributed by atoms with van der Waals surface area (Å²) >= 11 is 0. The van der Waals surface area contributed by atoms with Gasteiger partial charge < -0.3 is 18.6 Å². The highest BCUT2D eigenvalue weighted by molar-refractivity contribution is 5.77. The number of methoxy groups -OCH3 is 1. The third-order valence-electron chi connectivity index (χ3n) is 4.65. The van der Waals surface area contributed by atoms with Gasteiger partial charge in [-0.3, -0.25) is 0 Å². The van der Waals surface area contributed by atoms with Gasteiger partial charge in [0.1, 0.15) is 6.54 Å². The van der Waals surface area contributed by atoms with Gasteiger partial charge in [0.25, 0.3) is 0 Å². The number of rotatable bonds is 6. The van der Waals surface area contributed by atoms with Gasteiger partial charge in [-0.05, 0) is 55.3 Å². The van der Waals surface area contributed by atoms with Gasteiger partial charge in [-0.2, -0.15) is 13.8 Å². The van der Waals surface area contributed by atoms with Gasteiger partial charge in [-0.25, -0.2) is 4.98 Å². The molecule has 0 fully saturated rings. The fourth-order valence-corrected chi connectivity index (χ4v) is 3.02. The first-order chi connectivity index (χ1) is 13.9. The van der Waals surface area contributed by atoms with Gasteiger partial charge >= 0.3 is 6.61 Å². The van der Waals surface area contributed by atoms with E-state index in [0.29, 0.717) is 23.8 Å². The summed E-state index contributed by atoms with van der Waals surface area (Å²) in [4.78, 5) is 8.82. The molecule has 4 rings (SSSR count). The molecule has 0 spiro atoms. The van der Waals surface area contributed by atoms with Crippen molar-refractivity contribution in [2.24, 2.45) is 0 Å². The normalized spacial score (nSPS) is 11.4. The fraction of sp³-hybridized carbons (Fsp3) is 0.250. The minimum Gasteiger partial charge on any atom is -0.493 e. The molecule has 2 heterocycles. The molecular formula is C20H18F2N4O3. The van der Waals surface area contributed by atoms with E-state index < -0.39 is 6.61 Å². The predicted molar refractivity (Wildman–Crippen MR) is 101 cm³/mol. The van der Waals surface area contributed by atoms with Crippen LogP contribution in [0.1, 0.15) is 17.0 Å². The number of alkyl halides is 2. The van der Waals surface area contributed by atoms with Crippen LogP contribution in [-0.4, -0.2) is 33.4 Å². The molecule has 7 nitrogen and oxygen atoms in total. The van der Waals surface area contributed by atoms with E-state index in [1.54, 1.807) is 12.4 Å². The van der Waals surface area contributed by atoms with E-state index in [2.05, 4.69) is 25.9 Å². The van der Waals surface area contributed by atoms with Gasteiger partial charge in [0.05, 0.1) is 24.5 Å². The van der Waals surface area contributed by atoms with Crippen LogP contribution in [0.15, 0.2) is 41.2 Å². The summed E-state index contributed by atoms with van der Waals surface area (Å²) in [5, 5.41) is 3.98. The van der Waals surface area contributed by atoms with Crippen molar-refractivity contribution in [2.75, 3.05) is 7.11 Å². The average molecular weight is 400 g/mol. The standard InChI is InChI=1S/C20H18F2N4O3/c1-11-6-14-15(7-12(11)2)26(10-23-14)9-18-24-19(25-29-18)13-4-5-16(28-20(21)22)17(8-13)27-3/h4-8,10,20H,9H2,1-3H3. The summed E-state index contributed by atoms with van der Waals surface area (Å²) < 4.78 is 41.8. The Kier molecular flexibility index (Phi) is 4.87. The first-order valence-electron chi connectivity index (χ1n) is 8.82. The first-order valence-corrected chi connectivity index (χ1v) is 8.82. The van der Waals surface area contributed by atoms with Gasteiger partial charge in [-0.1, -0.05) is 5.16 Å². The number of aryl methyl sites for hydroxylation is 2. The molecule has 0 aliphatic rings. The van der Waals surface area contributed by atoms with Crippen LogP contribution in [0.2, 0.25) is 0 Å². The predicted octanol–water partition coefficient (Wildman–Crippen LogP) is 4.36. The number of hydrogen-bond acceptors (Lipinski definition) is 6. The molecule has 9 heteroatoms. The lowest BCUT2D eigenvalue weighted by Crippen LogP contribution is -2.03. The zero-order chi connectivity index (χ0) is 20.5. The first kappa shape index (κ1) is 18.9. The third kappa shape index (κ3) is 3.75. The molecule has 0 saturated carbocycles. The number of ether oxygens (including phenoxy) is 2. The van der Waals surface area contributed by atoms with Crippen LogP contribution >= 0.6 is 0 Å². The van der Waals surface area contributed by atoms with E-state index in [-0.39, 0.29) is 11.5 Å². The van der Waals surface area contributed by atoms with Gasteiger partial charge in [0.2, 0.25) is 11.7 Å². The van der Waals surface area contributed by atoms with Gasteiger partial charge in [0.15, 0.2) is 11.5 Å². The maximum atomic E-state index is 12.5. The topological polar surface area (TPSA) is 75.2 Å². The Hall–Kier alpha value is -3.49. The van der Waals surface area contributed by atoms with Gasteiger partial charge in [-0.15, -0.1) is 0 Å². The Morgan fingerprint density at radius 2 is 1.90 bits per heavy atom. The average Bonchev–Trinajstić information content (AvgIpc) is 3.30. The number of aromatic nitrogens is 4. The third-order valence-corrected chi connectivity index (χ3v) is 4.65. The summed E-state index contributed by atoms with van der Waals surface area (Å²) in [6.07, 6.45) is 1.73. The van der Waals surface area contributed by atoms with Crippen LogP contribution in [0.4, 0.5) is 8.78 Å². The molecule has 150 valence electrons. The Morgan fingerprint density at radius 3 is 2.66 bits per heavy atom. The van der Waals surface area contributed by atoms with Crippen molar-refractivity contribution < 1.29 is 22.8 Å². The molecule has 0 amide bonds. The molecule has 0 aliphatic carbocycles. The van der Waals surface area contributed by atoms with E-state index in [1.165, 1.54) is 30.4 Å². The minimum atomic E-state index is -2.94. The Balaban J connectivity index is 1.60. The van der Waals surface area contributed by atoms with Crippen LogP contribution in [0, 0.1) is 13.8 Å². The van der Waals surface area contributed by atoms with Crippen molar-refractivity contribution in [3.63, 3.8) is 0 Å². The Bertz CT molecular complexity index is 1170. The van der Waals surface area contributed by atoms with Crippen LogP contribution in [0.25, 0.3) is 22.4 Å². The van der Waals surface area contributed by atoms with Crippen LogP contribution in [0.3, 0.4) is 0 Å². The maximum absolute atomic E-state index is 12.5. The summed E-state index contributed by atoms with van der Waals surface area (Å²) in [5.74, 6) is 0.800. The molecule has 0 unspecified atom stereocenters. The van der Waals surface area contributed by atoms with Gasteiger partial charge in [0, 0.05) is 5.56 Å². The van der Waals surface area contributed by atoms with Crippen LogP contribution in [-0.2, 0) is 6.54 Å². The summed E-state index contributed by atoms with van der Waals surface area (Å²) in [7, 11) is 1.37. The van der Waals surface area contributed by atoms with E-state index in [0.717, 1.165) is 11.0 Å². The van der Waals surface area contributed by atoms with E-state index in [1.807, 2.05) is 24.5 Å². The molecule has 4 aromatic rings. The number of hydrogen-bond donors (Lipinski definition) is 0. The number of imidazole rings is 1. The smallest absolute Gasteiger partial charge is 0.387 e. The van der Waals surface area contributed by atoms with Crippen LogP contribution in [0.5, 0.6) is 11.5 Å². The van der Waals surface area contributed by atoms with Crippen molar-refractivity contribution in [3.05, 3.63) is 53.7 Å². The second-order valence-electron chi connectivity index (χ2n) is 6.55. The number of benzene rings is 2. The second-order valence-corrected chi connectivity index (χ2v) is 6.55. The number of halogens is 2. The lowest BCUT2D eigenvalue weighted by molar-refractivity contribution is -0.0512. The summed E-state index contributed by atoms with van der Waals surface area (Å²) in [6, 6.07) is 8.57. The lowest BCUT2D eigenvalue weighted by Gasteiger charge is -2.10. The van der Waals surface area contributed by atoms with Crippen molar-refractivity contribution in [1.29, 1.82) is 0 Å². The van der Waals surface area contributed by atoms with Crippen molar-refractivity contribution in [2.45, 2.75) is 27.0 Å². The minimum absolute atomic E-state index is 0.0643. The van der Waals surface area contributed by atoms with E-state index in [4.69, 9.17) is 9.26 Å². The molecule has 2 aromatic heterocycles. The zero-order valence-electron chi connectivity index (χ0n) is 16.0. The zero-order valence-corrected chi connectivity index (χ0v) is 16.0. The van der Waals surface area contributed by atoms with Crippen molar-refractivity contribution >= 4 is 11.0 Å². The quantitative estimate of drug-likeness (QED) is 0.479. The molecule has 2 aromatic carbocycles. The molecule has 0 N–H and O–H groups in total. The van der Waals surface area contributed by atoms with E-state index in [9.17, 15) is 8.78 Å². The van der Waals surface area contributed by atoms with Crippen LogP contribution < -0.4 is 9.47 Å². The fourth-order valence-electron chi connectivity index (χ4n) is 3.02. The molecule has 0 atom stereocenters. The van der Waals surface area contributed by atoms with Crippen molar-refractivity contribution in [1.82, 2.24) is 19.7 Å². The largest absolute Gasteiger partial charge is 0.493 e. The molecule has 29 heavy (non-hydrogen) atoms. The molecule has 0 bridgehead atoms. The van der Waals surface area contributed by atoms with E-state index >= 15 is 0 Å². The summed E-state index contributed by atoms with van der Waals surface area (Å²) in [5.41, 5.74) is 4.77. The molecule has 0 saturated heterocycles. The highest BCUT2D eigenvalue weighted by Crippen LogP contribution is 2.32. The van der Waals surface area contributed by atoms with Crippen molar-refractivity contribution in [3.8, 4) is 22.9 Å². The number of nitrogens with zero attached hydrogens (tertiary/aromatic N) is 4. The maximum Gasteiger partial charge on any atom is 0.387 e. The second kappa shape index (κ2) is 7.50. The highest BCUT2D eigenvalue weighted by Gasteiger charge is 2.16. The summed E-state index contributed by atoms with van der Waals surface area (Å²) in [6.45, 7) is 1.51. The SMILES string of the molecule is COc1cc(-c2noc(Cn3cnc4cc(C)c(C)cc43)n2)ccc1OC(F)F. The molecular weight excluding hydrogens is 382 g/mol. The highest BCUT2D eigenvalue weighted by atomic mass is 19.3.